The van der Waals surface area contributed by atoms with Crippen LogP contribution in [0.4, 0.5) is 5.13 Å². The summed E-state index contributed by atoms with van der Waals surface area (Å²) in [6.07, 6.45) is 0.901. The number of anilines is 1. The van der Waals surface area contributed by atoms with Crippen molar-refractivity contribution in [3.63, 3.8) is 0 Å². The number of hydrogen-bond donors (Lipinski definition) is 1. The quantitative estimate of drug-likeness (QED) is 0.824. The first-order valence-electron chi connectivity index (χ1n) is 4.86. The smallest absolute Gasteiger partial charge is 0.202 e. The standard InChI is InChI=1S/C9H15N3OS/c1-3-7-11-8(14-12-7)10-4-9(2)5-13-6-9/h3-6H2,1-2H3,(H,10,11,12). The van der Waals surface area contributed by atoms with Gasteiger partial charge in [-0.25, -0.2) is 4.98 Å². The summed E-state index contributed by atoms with van der Waals surface area (Å²) in [6, 6.07) is 0. The molecule has 2 rings (SSSR count). The van der Waals surface area contributed by atoms with Gasteiger partial charge in [0, 0.05) is 29.9 Å². The monoisotopic (exact) mass is 213 g/mol. The number of aromatic nitrogens is 2. The van der Waals surface area contributed by atoms with E-state index in [0.717, 1.165) is 37.1 Å². The second-order valence-electron chi connectivity index (χ2n) is 4.03. The number of nitrogens with one attached hydrogen (secondary N) is 1. The van der Waals surface area contributed by atoms with Crippen LogP contribution in [0.15, 0.2) is 0 Å². The van der Waals surface area contributed by atoms with Gasteiger partial charge in [0.2, 0.25) is 5.13 Å². The summed E-state index contributed by atoms with van der Waals surface area (Å²) >= 11 is 1.44. The Hall–Kier alpha value is -0.680. The van der Waals surface area contributed by atoms with Gasteiger partial charge in [0.15, 0.2) is 0 Å². The first kappa shape index (κ1) is 9.86. The molecule has 1 saturated heterocycles. The van der Waals surface area contributed by atoms with Gasteiger partial charge in [-0.3, -0.25) is 0 Å². The Bertz CT molecular complexity index is 309. The number of aryl methyl sites for hydroxylation is 1. The first-order valence-corrected chi connectivity index (χ1v) is 5.63. The Balaban J connectivity index is 1.85. The summed E-state index contributed by atoms with van der Waals surface area (Å²) < 4.78 is 9.40. The maximum Gasteiger partial charge on any atom is 0.202 e. The van der Waals surface area contributed by atoms with Gasteiger partial charge in [0.25, 0.3) is 0 Å². The van der Waals surface area contributed by atoms with Gasteiger partial charge < -0.3 is 10.1 Å². The normalized spacial score (nSPS) is 19.0. The highest BCUT2D eigenvalue weighted by Crippen LogP contribution is 2.27. The molecule has 1 aromatic rings. The first-order chi connectivity index (χ1) is 6.72. The third-order valence-corrected chi connectivity index (χ3v) is 3.06. The fourth-order valence-corrected chi connectivity index (χ4v) is 1.96. The van der Waals surface area contributed by atoms with Gasteiger partial charge in [0.1, 0.15) is 5.82 Å². The lowest BCUT2D eigenvalue weighted by atomic mass is 9.89. The molecule has 0 atom stereocenters. The van der Waals surface area contributed by atoms with Gasteiger partial charge in [0.05, 0.1) is 13.2 Å². The van der Waals surface area contributed by atoms with Crippen molar-refractivity contribution in [1.29, 1.82) is 0 Å². The van der Waals surface area contributed by atoms with E-state index < -0.39 is 0 Å². The van der Waals surface area contributed by atoms with E-state index in [1.807, 2.05) is 0 Å². The number of nitrogens with zero attached hydrogens (tertiary/aromatic N) is 2. The van der Waals surface area contributed by atoms with Crippen molar-refractivity contribution < 1.29 is 4.74 Å². The third-order valence-electron chi connectivity index (χ3n) is 2.35. The van der Waals surface area contributed by atoms with Crippen LogP contribution in [0.5, 0.6) is 0 Å². The van der Waals surface area contributed by atoms with Gasteiger partial charge in [-0.1, -0.05) is 13.8 Å². The second kappa shape index (κ2) is 3.82. The minimum absolute atomic E-state index is 0.290. The highest BCUT2D eigenvalue weighted by Gasteiger charge is 2.33. The zero-order valence-corrected chi connectivity index (χ0v) is 9.36. The van der Waals surface area contributed by atoms with Crippen molar-refractivity contribution in [2.75, 3.05) is 25.1 Å². The summed E-state index contributed by atoms with van der Waals surface area (Å²) in [5.41, 5.74) is 0.290. The largest absolute Gasteiger partial charge is 0.380 e. The van der Waals surface area contributed by atoms with Crippen LogP contribution in [0, 0.1) is 5.41 Å². The molecule has 14 heavy (non-hydrogen) atoms. The van der Waals surface area contributed by atoms with Gasteiger partial charge >= 0.3 is 0 Å². The Morgan fingerprint density at radius 1 is 1.57 bits per heavy atom. The van der Waals surface area contributed by atoms with E-state index in [2.05, 4.69) is 28.5 Å². The highest BCUT2D eigenvalue weighted by molar-refractivity contribution is 7.09. The van der Waals surface area contributed by atoms with Crippen molar-refractivity contribution in [2.45, 2.75) is 20.3 Å². The summed E-state index contributed by atoms with van der Waals surface area (Å²) in [7, 11) is 0. The molecule has 1 fully saturated rings. The molecular formula is C9H15N3OS. The van der Waals surface area contributed by atoms with Crippen LogP contribution in [0.3, 0.4) is 0 Å². The van der Waals surface area contributed by atoms with Crippen molar-refractivity contribution >= 4 is 16.7 Å². The number of rotatable bonds is 4. The third kappa shape index (κ3) is 2.04. The molecule has 0 bridgehead atoms. The average molecular weight is 213 g/mol. The fraction of sp³-hybridized carbons (Fsp3) is 0.778. The topological polar surface area (TPSA) is 47.0 Å². The molecule has 0 saturated carbocycles. The Morgan fingerprint density at radius 2 is 2.36 bits per heavy atom. The summed E-state index contributed by atoms with van der Waals surface area (Å²) in [4.78, 5) is 4.35. The molecular weight excluding hydrogens is 198 g/mol. The SMILES string of the molecule is CCc1nsc(NCC2(C)COC2)n1. The maximum atomic E-state index is 5.18. The molecule has 1 aliphatic rings. The minimum Gasteiger partial charge on any atom is -0.380 e. The molecule has 1 aliphatic heterocycles. The van der Waals surface area contributed by atoms with Crippen molar-refractivity contribution in [1.82, 2.24) is 9.36 Å². The Morgan fingerprint density at radius 3 is 2.86 bits per heavy atom. The lowest BCUT2D eigenvalue weighted by molar-refractivity contribution is -0.0924. The molecule has 0 unspecified atom stereocenters. The molecule has 1 N–H and O–H groups in total. The highest BCUT2D eigenvalue weighted by atomic mass is 32.1. The van der Waals surface area contributed by atoms with E-state index in [1.54, 1.807) is 0 Å². The molecule has 2 heterocycles. The maximum absolute atomic E-state index is 5.18. The van der Waals surface area contributed by atoms with Crippen LogP contribution in [0.1, 0.15) is 19.7 Å². The predicted molar refractivity (Wildman–Crippen MR) is 56.7 cm³/mol. The summed E-state index contributed by atoms with van der Waals surface area (Å²) in [5.74, 6) is 0.924. The molecule has 5 heteroatoms. The van der Waals surface area contributed by atoms with E-state index in [9.17, 15) is 0 Å². The van der Waals surface area contributed by atoms with E-state index >= 15 is 0 Å². The van der Waals surface area contributed by atoms with Crippen LogP contribution in [-0.2, 0) is 11.2 Å². The molecule has 1 aromatic heterocycles. The van der Waals surface area contributed by atoms with Crippen LogP contribution in [0.2, 0.25) is 0 Å². The van der Waals surface area contributed by atoms with Crippen molar-refractivity contribution in [2.24, 2.45) is 5.41 Å². The predicted octanol–water partition coefficient (Wildman–Crippen LogP) is 1.55. The summed E-state index contributed by atoms with van der Waals surface area (Å²) in [6.45, 7) is 6.89. The van der Waals surface area contributed by atoms with Crippen LogP contribution in [-0.4, -0.2) is 29.1 Å². The molecule has 0 spiro atoms. The van der Waals surface area contributed by atoms with Crippen LogP contribution < -0.4 is 5.32 Å². The molecule has 0 aromatic carbocycles. The fourth-order valence-electron chi connectivity index (χ4n) is 1.31. The lowest BCUT2D eigenvalue weighted by Gasteiger charge is -2.37. The Labute approximate surface area is 87.9 Å². The molecule has 0 aliphatic carbocycles. The van der Waals surface area contributed by atoms with E-state index in [0.29, 0.717) is 0 Å². The van der Waals surface area contributed by atoms with Crippen molar-refractivity contribution in [3.05, 3.63) is 5.82 Å². The zero-order valence-electron chi connectivity index (χ0n) is 8.54. The lowest BCUT2D eigenvalue weighted by Crippen LogP contribution is -2.45. The molecule has 0 amide bonds. The minimum atomic E-state index is 0.290. The van der Waals surface area contributed by atoms with Gasteiger partial charge in [-0.05, 0) is 0 Å². The summed E-state index contributed by atoms with van der Waals surface area (Å²) in [5, 5.41) is 4.23. The van der Waals surface area contributed by atoms with Crippen LogP contribution >= 0.6 is 11.5 Å². The van der Waals surface area contributed by atoms with Crippen LogP contribution in [0.25, 0.3) is 0 Å². The molecule has 78 valence electrons. The second-order valence-corrected chi connectivity index (χ2v) is 4.78. The van der Waals surface area contributed by atoms with Crippen molar-refractivity contribution in [3.8, 4) is 0 Å². The molecule has 4 nitrogen and oxygen atoms in total. The van der Waals surface area contributed by atoms with E-state index in [1.165, 1.54) is 11.5 Å². The van der Waals surface area contributed by atoms with E-state index in [-0.39, 0.29) is 5.41 Å². The van der Waals surface area contributed by atoms with Gasteiger partial charge in [-0.2, -0.15) is 4.37 Å². The number of ether oxygens (including phenoxy) is 1. The zero-order chi connectivity index (χ0) is 10.0. The Kier molecular flexibility index (Phi) is 2.69. The van der Waals surface area contributed by atoms with E-state index in [4.69, 9.17) is 4.74 Å². The van der Waals surface area contributed by atoms with Gasteiger partial charge in [-0.15, -0.1) is 0 Å². The average Bonchev–Trinajstić information content (AvgIpc) is 2.59. The number of hydrogen-bond acceptors (Lipinski definition) is 5. The molecule has 0 radical (unpaired) electrons.